The molecule has 3 aliphatic rings. The van der Waals surface area contributed by atoms with Gasteiger partial charge in [0.15, 0.2) is 0 Å². The summed E-state index contributed by atoms with van der Waals surface area (Å²) < 4.78 is 1.83. The molecule has 0 radical (unpaired) electrons. The second-order valence-corrected chi connectivity index (χ2v) is 4.37. The summed E-state index contributed by atoms with van der Waals surface area (Å²) in [6, 6.07) is 1.000. The van der Waals surface area contributed by atoms with Crippen LogP contribution in [0.5, 0.6) is 0 Å². The Balaban J connectivity index is 1.72. The van der Waals surface area contributed by atoms with Gasteiger partial charge in [-0.1, -0.05) is 0 Å². The molecule has 2 N–H and O–H groups in total. The van der Waals surface area contributed by atoms with Crippen LogP contribution in [0.2, 0.25) is 0 Å². The maximum absolute atomic E-state index is 6.00. The van der Waals surface area contributed by atoms with Crippen LogP contribution in [-0.2, 0) is 13.6 Å². The number of fused-ring (bicyclic) bond motifs is 1. The summed E-state index contributed by atoms with van der Waals surface area (Å²) in [5, 5.41) is 4.06. The van der Waals surface area contributed by atoms with Crippen molar-refractivity contribution >= 4 is 0 Å². The van der Waals surface area contributed by atoms with Crippen LogP contribution in [0.1, 0.15) is 12.2 Å². The lowest BCUT2D eigenvalue weighted by Crippen LogP contribution is -2.49. The lowest BCUT2D eigenvalue weighted by atomic mass is 9.81. The first-order valence-corrected chi connectivity index (χ1v) is 5.08. The highest BCUT2D eigenvalue weighted by Gasteiger charge is 2.49. The number of hydrogen-bond donors (Lipinski definition) is 1. The van der Waals surface area contributed by atoms with Crippen molar-refractivity contribution in [3.63, 3.8) is 0 Å². The molecule has 3 unspecified atom stereocenters. The second-order valence-electron chi connectivity index (χ2n) is 4.37. The molecule has 2 saturated heterocycles. The molecule has 0 aromatic carbocycles. The Bertz CT molecular complexity index is 347. The van der Waals surface area contributed by atoms with Gasteiger partial charge in [-0.2, -0.15) is 5.10 Å². The fourth-order valence-corrected chi connectivity index (χ4v) is 2.59. The average molecular weight is 193 g/mol. The molecule has 76 valence electrons. The highest BCUT2D eigenvalue weighted by Crippen LogP contribution is 2.40. The van der Waals surface area contributed by atoms with Gasteiger partial charge in [0.2, 0.25) is 0 Å². The van der Waals surface area contributed by atoms with Crippen LogP contribution in [0.25, 0.3) is 0 Å². The van der Waals surface area contributed by atoms with E-state index in [4.69, 9.17) is 5.73 Å². The van der Waals surface area contributed by atoms with E-state index in [2.05, 4.69) is 15.0 Å². The zero-order valence-corrected chi connectivity index (χ0v) is 8.30. The summed E-state index contributed by atoms with van der Waals surface area (Å²) in [7, 11) is 1.93. The van der Waals surface area contributed by atoms with Crippen LogP contribution in [-0.4, -0.2) is 38.3 Å². The third-order valence-corrected chi connectivity index (χ3v) is 3.62. The first-order valence-electron chi connectivity index (χ1n) is 5.08. The molecule has 1 aromatic heterocycles. The van der Waals surface area contributed by atoms with Gasteiger partial charge in [-0.05, 0) is 12.3 Å². The fraction of sp³-hybridized carbons (Fsp3) is 0.778. The number of rotatable bonds is 2. The Morgan fingerprint density at radius 1 is 1.64 bits per heavy atom. The quantitative estimate of drug-likeness (QED) is 0.678. The van der Waals surface area contributed by atoms with Crippen LogP contribution in [0.4, 0.5) is 0 Å². The number of nitrogens with zero attached hydrogens (tertiary/aromatic N) is 4. The Morgan fingerprint density at radius 2 is 2.50 bits per heavy atom. The van der Waals surface area contributed by atoms with Gasteiger partial charge in [-0.3, -0.25) is 9.58 Å². The minimum atomic E-state index is 0.406. The van der Waals surface area contributed by atoms with Gasteiger partial charge in [-0.25, -0.2) is 4.98 Å². The molecule has 5 nitrogen and oxygen atoms in total. The van der Waals surface area contributed by atoms with Crippen LogP contribution >= 0.6 is 0 Å². The highest BCUT2D eigenvalue weighted by atomic mass is 15.3. The second kappa shape index (κ2) is 2.77. The van der Waals surface area contributed by atoms with E-state index in [9.17, 15) is 0 Å². The lowest BCUT2D eigenvalue weighted by molar-refractivity contribution is 0.203. The zero-order chi connectivity index (χ0) is 9.71. The van der Waals surface area contributed by atoms with Gasteiger partial charge < -0.3 is 5.73 Å². The number of hydrogen-bond acceptors (Lipinski definition) is 4. The van der Waals surface area contributed by atoms with E-state index < -0.39 is 0 Å². The molecular weight excluding hydrogens is 178 g/mol. The molecular formula is C9H15N5. The molecule has 0 amide bonds. The maximum Gasteiger partial charge on any atom is 0.140 e. The Hall–Kier alpha value is -0.940. The summed E-state index contributed by atoms with van der Waals surface area (Å²) in [6.07, 6.45) is 2.88. The van der Waals surface area contributed by atoms with Crippen molar-refractivity contribution < 1.29 is 0 Å². The van der Waals surface area contributed by atoms with Crippen molar-refractivity contribution in [3.05, 3.63) is 12.2 Å². The number of aromatic nitrogens is 3. The Labute approximate surface area is 82.9 Å². The van der Waals surface area contributed by atoms with E-state index in [-0.39, 0.29) is 0 Å². The topological polar surface area (TPSA) is 60.0 Å². The maximum atomic E-state index is 6.00. The van der Waals surface area contributed by atoms with Crippen LogP contribution in [0, 0.1) is 5.92 Å². The Kier molecular flexibility index (Phi) is 1.66. The minimum absolute atomic E-state index is 0.406. The van der Waals surface area contributed by atoms with Gasteiger partial charge in [0.1, 0.15) is 12.2 Å². The lowest BCUT2D eigenvalue weighted by Gasteiger charge is -2.33. The van der Waals surface area contributed by atoms with Gasteiger partial charge in [0.25, 0.3) is 0 Å². The zero-order valence-electron chi connectivity index (χ0n) is 8.30. The SMILES string of the molecule is Cn1ncnc1CN1CC2CC1C2N. The van der Waals surface area contributed by atoms with Gasteiger partial charge >= 0.3 is 0 Å². The van der Waals surface area contributed by atoms with Crippen LogP contribution < -0.4 is 5.73 Å². The first kappa shape index (κ1) is 8.38. The first-order chi connectivity index (χ1) is 6.75. The molecule has 3 fully saturated rings. The predicted molar refractivity (Wildman–Crippen MR) is 51.3 cm³/mol. The molecule has 14 heavy (non-hydrogen) atoms. The number of aryl methyl sites for hydroxylation is 1. The molecule has 0 spiro atoms. The van der Waals surface area contributed by atoms with E-state index in [1.54, 1.807) is 6.33 Å². The highest BCUT2D eigenvalue weighted by molar-refractivity contribution is 5.08. The van der Waals surface area contributed by atoms with E-state index in [0.29, 0.717) is 12.1 Å². The van der Waals surface area contributed by atoms with Gasteiger partial charge in [0, 0.05) is 25.7 Å². The monoisotopic (exact) mass is 193 g/mol. The molecule has 3 atom stereocenters. The summed E-state index contributed by atoms with van der Waals surface area (Å²) in [4.78, 5) is 6.66. The standard InChI is InChI=1S/C9H15N5/c1-13-8(11-5-12-13)4-14-3-6-2-7(14)9(6)10/h5-7,9H,2-4,10H2,1H3. The van der Waals surface area contributed by atoms with Gasteiger partial charge in [-0.15, -0.1) is 0 Å². The third-order valence-electron chi connectivity index (χ3n) is 3.62. The predicted octanol–water partition coefficient (Wildman–Crippen LogP) is -0.653. The molecule has 2 bridgehead atoms. The molecule has 5 heteroatoms. The normalized spacial score (nSPS) is 36.0. The van der Waals surface area contributed by atoms with Crippen molar-refractivity contribution in [2.45, 2.75) is 25.0 Å². The van der Waals surface area contributed by atoms with Crippen LogP contribution in [0.15, 0.2) is 6.33 Å². The molecule has 3 heterocycles. The smallest absolute Gasteiger partial charge is 0.140 e. The van der Waals surface area contributed by atoms with Gasteiger partial charge in [0.05, 0.1) is 6.54 Å². The van der Waals surface area contributed by atoms with Crippen molar-refractivity contribution in [1.29, 1.82) is 0 Å². The van der Waals surface area contributed by atoms with Crippen LogP contribution in [0.3, 0.4) is 0 Å². The molecule has 2 aliphatic heterocycles. The van der Waals surface area contributed by atoms with Crippen molar-refractivity contribution in [2.75, 3.05) is 6.54 Å². The van der Waals surface area contributed by atoms with Crippen molar-refractivity contribution in [1.82, 2.24) is 19.7 Å². The van der Waals surface area contributed by atoms with Crippen molar-refractivity contribution in [3.8, 4) is 0 Å². The third kappa shape index (κ3) is 1.02. The van der Waals surface area contributed by atoms with E-state index in [1.807, 2.05) is 11.7 Å². The summed E-state index contributed by atoms with van der Waals surface area (Å²) >= 11 is 0. The minimum Gasteiger partial charge on any atom is -0.326 e. The summed E-state index contributed by atoms with van der Waals surface area (Å²) in [6.45, 7) is 2.03. The molecule has 1 aliphatic carbocycles. The largest absolute Gasteiger partial charge is 0.326 e. The molecule has 4 rings (SSSR count). The Morgan fingerprint density at radius 3 is 3.00 bits per heavy atom. The van der Waals surface area contributed by atoms with E-state index in [0.717, 1.165) is 24.8 Å². The average Bonchev–Trinajstić information content (AvgIpc) is 2.81. The van der Waals surface area contributed by atoms with E-state index in [1.165, 1.54) is 6.42 Å². The summed E-state index contributed by atoms with van der Waals surface area (Å²) in [5.74, 6) is 1.76. The fourth-order valence-electron chi connectivity index (χ4n) is 2.59. The summed E-state index contributed by atoms with van der Waals surface area (Å²) in [5.41, 5.74) is 6.00. The molecule has 1 aromatic rings. The van der Waals surface area contributed by atoms with E-state index >= 15 is 0 Å². The number of nitrogens with two attached hydrogens (primary N) is 1. The van der Waals surface area contributed by atoms with Crippen molar-refractivity contribution in [2.24, 2.45) is 18.7 Å². The molecule has 1 saturated carbocycles.